The van der Waals surface area contributed by atoms with Gasteiger partial charge in [-0.15, -0.1) is 0 Å². The zero-order valence-corrected chi connectivity index (χ0v) is 8.53. The molecule has 0 saturated carbocycles. The Morgan fingerprint density at radius 3 is 2.93 bits per heavy atom. The molecule has 0 amide bonds. The summed E-state index contributed by atoms with van der Waals surface area (Å²) >= 11 is 1.02. The first-order valence-corrected chi connectivity index (χ1v) is 4.96. The molecular formula is C7H11N3O3S. The maximum absolute atomic E-state index is 10.4. The molecule has 6 nitrogen and oxygen atoms in total. The Morgan fingerprint density at radius 2 is 2.50 bits per heavy atom. The van der Waals surface area contributed by atoms with Gasteiger partial charge in [-0.05, 0) is 18.3 Å². The lowest BCUT2D eigenvalue weighted by Gasteiger charge is -2.17. The maximum Gasteiger partial charge on any atom is 0.345 e. The molecule has 0 aromatic carbocycles. The summed E-state index contributed by atoms with van der Waals surface area (Å²) in [6.45, 7) is 3.04. The Hall–Kier alpha value is -1.21. The van der Waals surface area contributed by atoms with Crippen molar-refractivity contribution in [3.63, 3.8) is 0 Å². The minimum atomic E-state index is -0.464. The van der Waals surface area contributed by atoms with Crippen molar-refractivity contribution in [3.05, 3.63) is 16.3 Å². The first-order chi connectivity index (χ1) is 6.69. The van der Waals surface area contributed by atoms with Gasteiger partial charge in [-0.3, -0.25) is 10.1 Å². The van der Waals surface area contributed by atoms with Crippen LogP contribution in [0.4, 0.5) is 10.1 Å². The number of anilines is 1. The van der Waals surface area contributed by atoms with Gasteiger partial charge in [0.2, 0.25) is 0 Å². The lowest BCUT2D eigenvalue weighted by Crippen LogP contribution is -2.25. The number of aliphatic hydroxyl groups is 1. The van der Waals surface area contributed by atoms with Gasteiger partial charge in [0, 0.05) is 13.1 Å². The molecule has 0 aliphatic rings. The standard InChI is InChI=1S/C7H11N3O3S/c1-2-9(3-4-11)7-8-5-6(14-7)10(12)13/h5,11H,2-4H2,1H3. The van der Waals surface area contributed by atoms with Crippen LogP contribution >= 0.6 is 11.3 Å². The monoisotopic (exact) mass is 217 g/mol. The van der Waals surface area contributed by atoms with E-state index >= 15 is 0 Å². The van der Waals surface area contributed by atoms with Gasteiger partial charge < -0.3 is 10.0 Å². The number of rotatable bonds is 5. The van der Waals surface area contributed by atoms with Crippen LogP contribution in [0.15, 0.2) is 6.20 Å². The van der Waals surface area contributed by atoms with Crippen molar-refractivity contribution >= 4 is 21.5 Å². The van der Waals surface area contributed by atoms with Gasteiger partial charge in [0.1, 0.15) is 6.20 Å². The van der Waals surface area contributed by atoms with Crippen molar-refractivity contribution in [1.29, 1.82) is 0 Å². The highest BCUT2D eigenvalue weighted by Crippen LogP contribution is 2.27. The van der Waals surface area contributed by atoms with Crippen molar-refractivity contribution in [2.75, 3.05) is 24.6 Å². The molecule has 7 heteroatoms. The van der Waals surface area contributed by atoms with E-state index in [1.807, 2.05) is 6.92 Å². The number of nitrogens with zero attached hydrogens (tertiary/aromatic N) is 3. The van der Waals surface area contributed by atoms with Gasteiger partial charge in [0.15, 0.2) is 5.13 Å². The molecule has 1 aromatic rings. The molecule has 0 spiro atoms. The third kappa shape index (κ3) is 2.39. The van der Waals surface area contributed by atoms with Crippen LogP contribution in [0.5, 0.6) is 0 Å². The normalized spacial score (nSPS) is 10.1. The second kappa shape index (κ2) is 4.87. The average molecular weight is 217 g/mol. The van der Waals surface area contributed by atoms with E-state index < -0.39 is 4.92 Å². The van der Waals surface area contributed by atoms with Crippen LogP contribution in [0.25, 0.3) is 0 Å². The molecule has 1 heterocycles. The van der Waals surface area contributed by atoms with Gasteiger partial charge in [-0.25, -0.2) is 4.98 Å². The number of hydrogen-bond acceptors (Lipinski definition) is 6. The highest BCUT2D eigenvalue weighted by molar-refractivity contribution is 7.18. The van der Waals surface area contributed by atoms with Crippen LogP contribution in [0, 0.1) is 10.1 Å². The third-order valence-electron chi connectivity index (χ3n) is 1.68. The summed E-state index contributed by atoms with van der Waals surface area (Å²) in [5, 5.41) is 19.7. The van der Waals surface area contributed by atoms with Crippen LogP contribution < -0.4 is 4.90 Å². The number of aliphatic hydroxyl groups excluding tert-OH is 1. The number of hydrogen-bond donors (Lipinski definition) is 1. The van der Waals surface area contributed by atoms with Crippen molar-refractivity contribution < 1.29 is 10.0 Å². The summed E-state index contributed by atoms with van der Waals surface area (Å²) in [5.41, 5.74) is 0. The molecule has 1 rings (SSSR count). The summed E-state index contributed by atoms with van der Waals surface area (Å²) in [6, 6.07) is 0. The van der Waals surface area contributed by atoms with E-state index in [0.29, 0.717) is 18.2 Å². The summed E-state index contributed by atoms with van der Waals surface area (Å²) in [6.07, 6.45) is 1.24. The van der Waals surface area contributed by atoms with Crippen molar-refractivity contribution in [3.8, 4) is 0 Å². The third-order valence-corrected chi connectivity index (χ3v) is 2.69. The molecule has 0 fully saturated rings. The Morgan fingerprint density at radius 1 is 1.79 bits per heavy atom. The topological polar surface area (TPSA) is 79.5 Å². The lowest BCUT2D eigenvalue weighted by atomic mass is 10.5. The van der Waals surface area contributed by atoms with Crippen molar-refractivity contribution in [1.82, 2.24) is 4.98 Å². The van der Waals surface area contributed by atoms with E-state index in [2.05, 4.69) is 4.98 Å². The number of nitro groups is 1. The van der Waals surface area contributed by atoms with E-state index in [1.54, 1.807) is 4.90 Å². The molecule has 0 saturated heterocycles. The Kier molecular flexibility index (Phi) is 3.78. The Labute approximate surface area is 85.0 Å². The summed E-state index contributed by atoms with van der Waals surface area (Å²) in [5.74, 6) is 0. The predicted molar refractivity (Wildman–Crippen MR) is 53.7 cm³/mol. The molecule has 1 aromatic heterocycles. The quantitative estimate of drug-likeness (QED) is 0.584. The Balaban J connectivity index is 2.78. The van der Waals surface area contributed by atoms with Gasteiger partial charge in [0.25, 0.3) is 0 Å². The van der Waals surface area contributed by atoms with Gasteiger partial charge in [-0.2, -0.15) is 0 Å². The average Bonchev–Trinajstić information content (AvgIpc) is 2.63. The SMILES string of the molecule is CCN(CCO)c1ncc([N+](=O)[O-])s1. The molecule has 1 N–H and O–H groups in total. The van der Waals surface area contributed by atoms with E-state index in [9.17, 15) is 10.1 Å². The fourth-order valence-corrected chi connectivity index (χ4v) is 1.82. The van der Waals surface area contributed by atoms with Crippen LogP contribution in [0.1, 0.15) is 6.92 Å². The highest BCUT2D eigenvalue weighted by atomic mass is 32.1. The van der Waals surface area contributed by atoms with E-state index in [4.69, 9.17) is 5.11 Å². The number of aromatic nitrogens is 1. The van der Waals surface area contributed by atoms with Gasteiger partial charge in [-0.1, -0.05) is 0 Å². The Bertz CT molecular complexity index is 315. The van der Waals surface area contributed by atoms with Gasteiger partial charge in [0.05, 0.1) is 11.5 Å². The van der Waals surface area contributed by atoms with Gasteiger partial charge >= 0.3 is 5.00 Å². The first-order valence-electron chi connectivity index (χ1n) is 4.15. The minimum Gasteiger partial charge on any atom is -0.395 e. The largest absolute Gasteiger partial charge is 0.395 e. The highest BCUT2D eigenvalue weighted by Gasteiger charge is 2.14. The van der Waals surface area contributed by atoms with Crippen LogP contribution in [-0.2, 0) is 0 Å². The maximum atomic E-state index is 10.4. The molecule has 0 aliphatic carbocycles. The van der Waals surface area contributed by atoms with Crippen LogP contribution in [-0.4, -0.2) is 34.7 Å². The van der Waals surface area contributed by atoms with Crippen LogP contribution in [0.3, 0.4) is 0 Å². The fourth-order valence-electron chi connectivity index (χ4n) is 0.997. The summed E-state index contributed by atoms with van der Waals surface area (Å²) in [4.78, 5) is 15.6. The van der Waals surface area contributed by atoms with E-state index in [-0.39, 0.29) is 11.6 Å². The number of likely N-dealkylation sites (N-methyl/N-ethyl adjacent to an activating group) is 1. The zero-order chi connectivity index (χ0) is 10.6. The molecule has 0 radical (unpaired) electrons. The first kappa shape index (κ1) is 10.9. The lowest BCUT2D eigenvalue weighted by molar-refractivity contribution is -0.380. The summed E-state index contributed by atoms with van der Waals surface area (Å²) < 4.78 is 0. The molecule has 0 aliphatic heterocycles. The van der Waals surface area contributed by atoms with Crippen molar-refractivity contribution in [2.24, 2.45) is 0 Å². The zero-order valence-electron chi connectivity index (χ0n) is 7.71. The predicted octanol–water partition coefficient (Wildman–Crippen LogP) is 0.870. The molecule has 78 valence electrons. The fraction of sp³-hybridized carbons (Fsp3) is 0.571. The van der Waals surface area contributed by atoms with Crippen LogP contribution in [0.2, 0.25) is 0 Å². The smallest absolute Gasteiger partial charge is 0.345 e. The van der Waals surface area contributed by atoms with Crippen molar-refractivity contribution in [2.45, 2.75) is 6.92 Å². The molecule has 0 atom stereocenters. The molecule has 14 heavy (non-hydrogen) atoms. The molecular weight excluding hydrogens is 206 g/mol. The van der Waals surface area contributed by atoms with E-state index in [0.717, 1.165) is 11.3 Å². The second-order valence-electron chi connectivity index (χ2n) is 2.54. The molecule has 0 bridgehead atoms. The minimum absolute atomic E-state index is 0.0151. The second-order valence-corrected chi connectivity index (χ2v) is 3.53. The number of thiazole rings is 1. The summed E-state index contributed by atoms with van der Waals surface area (Å²) in [7, 11) is 0. The van der Waals surface area contributed by atoms with E-state index in [1.165, 1.54) is 6.20 Å². The molecule has 0 unspecified atom stereocenters.